The zero-order valence-electron chi connectivity index (χ0n) is 10.4. The molecule has 0 aliphatic rings. The van der Waals surface area contributed by atoms with Gasteiger partial charge in [0.25, 0.3) is 0 Å². The van der Waals surface area contributed by atoms with E-state index in [1.54, 1.807) is 6.07 Å². The molecule has 3 rings (SSSR count). The van der Waals surface area contributed by atoms with Gasteiger partial charge in [0.1, 0.15) is 11.3 Å². The summed E-state index contributed by atoms with van der Waals surface area (Å²) in [6, 6.07) is 6.64. The Labute approximate surface area is 116 Å². The van der Waals surface area contributed by atoms with E-state index in [0.717, 1.165) is 6.07 Å². The summed E-state index contributed by atoms with van der Waals surface area (Å²) >= 11 is 0. The first kappa shape index (κ1) is 13.4. The van der Waals surface area contributed by atoms with Crippen molar-refractivity contribution >= 4 is 16.8 Å². The molecule has 3 nitrogen and oxygen atoms in total. The second-order valence-corrected chi connectivity index (χ2v) is 4.44. The number of oxazole rings is 1. The van der Waals surface area contributed by atoms with Gasteiger partial charge in [0, 0.05) is 5.69 Å². The third kappa shape index (κ3) is 2.42. The molecule has 0 bridgehead atoms. The fourth-order valence-electron chi connectivity index (χ4n) is 1.93. The third-order valence-corrected chi connectivity index (χ3v) is 2.94. The molecule has 1 aromatic heterocycles. The summed E-state index contributed by atoms with van der Waals surface area (Å²) in [7, 11) is 0. The molecule has 0 spiro atoms. The molecule has 0 saturated heterocycles. The lowest BCUT2D eigenvalue weighted by atomic mass is 10.1. The molecule has 0 unspecified atom stereocenters. The number of anilines is 1. The summed E-state index contributed by atoms with van der Waals surface area (Å²) in [5.74, 6) is -1.07. The summed E-state index contributed by atoms with van der Waals surface area (Å²) in [5, 5.41) is 0. The van der Waals surface area contributed by atoms with Crippen LogP contribution in [0.5, 0.6) is 0 Å². The molecule has 3 aromatic rings. The third-order valence-electron chi connectivity index (χ3n) is 2.94. The molecule has 2 N–H and O–H groups in total. The van der Waals surface area contributed by atoms with E-state index in [1.807, 2.05) is 0 Å². The first-order valence-electron chi connectivity index (χ1n) is 5.88. The van der Waals surface area contributed by atoms with E-state index >= 15 is 0 Å². The minimum atomic E-state index is -4.57. The number of alkyl halides is 3. The number of nitrogen functional groups attached to an aromatic ring is 1. The second kappa shape index (κ2) is 4.47. The molecule has 0 fully saturated rings. The number of halogens is 4. The molecule has 7 heteroatoms. The van der Waals surface area contributed by atoms with Gasteiger partial charge in [0.15, 0.2) is 5.58 Å². The van der Waals surface area contributed by atoms with Crippen LogP contribution < -0.4 is 5.73 Å². The van der Waals surface area contributed by atoms with Crippen LogP contribution in [0.25, 0.3) is 22.6 Å². The molecule has 21 heavy (non-hydrogen) atoms. The van der Waals surface area contributed by atoms with Crippen molar-refractivity contribution in [1.82, 2.24) is 4.98 Å². The van der Waals surface area contributed by atoms with Gasteiger partial charge in [0.05, 0.1) is 11.1 Å². The number of fused-ring (bicyclic) bond motifs is 1. The SMILES string of the molecule is Nc1ccc2oc(-c3cc(C(F)(F)F)ccc3F)nc2c1. The maximum Gasteiger partial charge on any atom is 0.416 e. The number of rotatable bonds is 1. The summed E-state index contributed by atoms with van der Waals surface area (Å²) in [6.07, 6.45) is -4.57. The zero-order valence-corrected chi connectivity index (χ0v) is 10.4. The van der Waals surface area contributed by atoms with Gasteiger partial charge in [-0.05, 0) is 36.4 Å². The van der Waals surface area contributed by atoms with Crippen molar-refractivity contribution in [1.29, 1.82) is 0 Å². The van der Waals surface area contributed by atoms with Gasteiger partial charge < -0.3 is 10.2 Å². The Morgan fingerprint density at radius 3 is 2.52 bits per heavy atom. The van der Waals surface area contributed by atoms with Crippen LogP contribution in [0.4, 0.5) is 23.2 Å². The van der Waals surface area contributed by atoms with Crippen molar-refractivity contribution in [2.45, 2.75) is 6.18 Å². The van der Waals surface area contributed by atoms with Crippen molar-refractivity contribution in [3.63, 3.8) is 0 Å². The molecule has 0 amide bonds. The Hall–Kier alpha value is -2.57. The number of benzene rings is 2. The Balaban J connectivity index is 2.17. The minimum absolute atomic E-state index is 0.223. The van der Waals surface area contributed by atoms with Gasteiger partial charge in [-0.3, -0.25) is 0 Å². The maximum absolute atomic E-state index is 13.8. The van der Waals surface area contributed by atoms with Crippen LogP contribution in [0.15, 0.2) is 40.8 Å². The smallest absolute Gasteiger partial charge is 0.416 e. The van der Waals surface area contributed by atoms with Gasteiger partial charge in [-0.15, -0.1) is 0 Å². The predicted molar refractivity (Wildman–Crippen MR) is 68.8 cm³/mol. The second-order valence-electron chi connectivity index (χ2n) is 4.44. The van der Waals surface area contributed by atoms with Gasteiger partial charge in [-0.1, -0.05) is 0 Å². The minimum Gasteiger partial charge on any atom is -0.436 e. The van der Waals surface area contributed by atoms with Crippen molar-refractivity contribution in [2.24, 2.45) is 0 Å². The van der Waals surface area contributed by atoms with Crippen molar-refractivity contribution in [3.05, 3.63) is 47.8 Å². The van der Waals surface area contributed by atoms with Gasteiger partial charge in [-0.25, -0.2) is 9.37 Å². The van der Waals surface area contributed by atoms with Gasteiger partial charge in [-0.2, -0.15) is 13.2 Å². The Kier molecular flexibility index (Phi) is 2.86. The zero-order chi connectivity index (χ0) is 15.2. The van der Waals surface area contributed by atoms with Crippen LogP contribution in [0, 0.1) is 5.82 Å². The molecule has 1 heterocycles. The van der Waals surface area contributed by atoms with E-state index in [-0.39, 0.29) is 11.5 Å². The summed E-state index contributed by atoms with van der Waals surface area (Å²) in [6.45, 7) is 0. The topological polar surface area (TPSA) is 52.0 Å². The first-order chi connectivity index (χ1) is 9.84. The Morgan fingerprint density at radius 1 is 1.05 bits per heavy atom. The molecule has 0 saturated carbocycles. The molecule has 0 radical (unpaired) electrons. The van der Waals surface area contributed by atoms with Gasteiger partial charge in [0.2, 0.25) is 5.89 Å². The summed E-state index contributed by atoms with van der Waals surface area (Å²) < 4.78 is 57.1. The highest BCUT2D eigenvalue weighted by atomic mass is 19.4. The molecule has 0 aliphatic carbocycles. The number of nitrogens with two attached hydrogens (primary N) is 1. The average Bonchev–Trinajstić information content (AvgIpc) is 2.80. The first-order valence-corrected chi connectivity index (χ1v) is 5.88. The van der Waals surface area contributed by atoms with Crippen LogP contribution >= 0.6 is 0 Å². The molecule has 2 aromatic carbocycles. The normalized spacial score (nSPS) is 12.0. The lowest BCUT2D eigenvalue weighted by Crippen LogP contribution is -2.05. The average molecular weight is 296 g/mol. The fraction of sp³-hybridized carbons (Fsp3) is 0.0714. The predicted octanol–water partition coefficient (Wildman–Crippen LogP) is 4.23. The standard InChI is InChI=1S/C14H8F4N2O/c15-10-3-1-7(14(16,17)18)5-9(10)13-20-11-6-8(19)2-4-12(11)21-13/h1-6H,19H2. The number of hydrogen-bond donors (Lipinski definition) is 1. The van der Waals surface area contributed by atoms with Crippen LogP contribution in [-0.4, -0.2) is 4.98 Å². The number of hydrogen-bond acceptors (Lipinski definition) is 3. The van der Waals surface area contributed by atoms with Gasteiger partial charge >= 0.3 is 6.18 Å². The quantitative estimate of drug-likeness (QED) is 0.540. The van der Waals surface area contributed by atoms with Crippen molar-refractivity contribution < 1.29 is 22.0 Å². The Bertz CT molecular complexity index is 823. The lowest BCUT2D eigenvalue weighted by molar-refractivity contribution is -0.137. The van der Waals surface area contributed by atoms with Crippen LogP contribution in [-0.2, 0) is 6.18 Å². The monoisotopic (exact) mass is 296 g/mol. The molecular weight excluding hydrogens is 288 g/mol. The maximum atomic E-state index is 13.8. The van der Waals surface area contributed by atoms with E-state index < -0.39 is 17.6 Å². The summed E-state index contributed by atoms with van der Waals surface area (Å²) in [5.41, 5.74) is 5.35. The molecule has 0 atom stereocenters. The van der Waals surface area contributed by atoms with E-state index in [0.29, 0.717) is 28.9 Å². The number of aromatic nitrogens is 1. The highest BCUT2D eigenvalue weighted by Crippen LogP contribution is 2.34. The molecule has 108 valence electrons. The molecular formula is C14H8F4N2O. The van der Waals surface area contributed by atoms with Crippen molar-refractivity contribution in [3.8, 4) is 11.5 Å². The highest BCUT2D eigenvalue weighted by molar-refractivity contribution is 5.79. The van der Waals surface area contributed by atoms with E-state index in [9.17, 15) is 17.6 Å². The van der Waals surface area contributed by atoms with Crippen LogP contribution in [0.2, 0.25) is 0 Å². The highest BCUT2D eigenvalue weighted by Gasteiger charge is 2.31. The fourth-order valence-corrected chi connectivity index (χ4v) is 1.93. The van der Waals surface area contributed by atoms with E-state index in [4.69, 9.17) is 10.2 Å². The summed E-state index contributed by atoms with van der Waals surface area (Å²) in [4.78, 5) is 3.97. The lowest BCUT2D eigenvalue weighted by Gasteiger charge is -2.07. The largest absolute Gasteiger partial charge is 0.436 e. The van der Waals surface area contributed by atoms with Crippen LogP contribution in [0.1, 0.15) is 5.56 Å². The van der Waals surface area contributed by atoms with E-state index in [1.165, 1.54) is 12.1 Å². The van der Waals surface area contributed by atoms with Crippen LogP contribution in [0.3, 0.4) is 0 Å². The van der Waals surface area contributed by atoms with Crippen molar-refractivity contribution in [2.75, 3.05) is 5.73 Å². The number of nitrogens with zero attached hydrogens (tertiary/aromatic N) is 1. The van der Waals surface area contributed by atoms with E-state index in [2.05, 4.69) is 4.98 Å². The molecule has 0 aliphatic heterocycles. The Morgan fingerprint density at radius 2 is 1.81 bits per heavy atom.